The summed E-state index contributed by atoms with van der Waals surface area (Å²) in [6.45, 7) is 14.6. The molecule has 0 spiro atoms. The van der Waals surface area contributed by atoms with Crippen molar-refractivity contribution in [2.75, 3.05) is 47.2 Å². The summed E-state index contributed by atoms with van der Waals surface area (Å²) < 4.78 is 12.3. The predicted molar refractivity (Wildman–Crippen MR) is 256 cm³/mol. The van der Waals surface area contributed by atoms with E-state index in [-0.39, 0.29) is 60.5 Å². The molecule has 1 saturated heterocycles. The van der Waals surface area contributed by atoms with Crippen molar-refractivity contribution in [3.05, 3.63) is 71.8 Å². The van der Waals surface area contributed by atoms with E-state index in [9.17, 15) is 24.0 Å². The van der Waals surface area contributed by atoms with Crippen LogP contribution in [-0.2, 0) is 45.6 Å². The van der Waals surface area contributed by atoms with Gasteiger partial charge in [0, 0.05) is 50.8 Å². The number of aliphatic carboxylic acids is 1. The molecule has 2 aromatic rings. The summed E-state index contributed by atoms with van der Waals surface area (Å²) >= 11 is 1.79. The Labute approximate surface area is 388 Å². The summed E-state index contributed by atoms with van der Waals surface area (Å²) in [5, 5.41) is 15.2. The second kappa shape index (κ2) is 27.6. The summed E-state index contributed by atoms with van der Waals surface area (Å²) in [5.41, 5.74) is 2.38. The SMILES string of the molecule is CC[C@H](C)[C@@H]([C@@H](CC(=O)N1CCC[C@H]1[C@H](OC)[C@@H](C)C(=O)N[C@H](CSCc1ccccc1)Cc1ccccc1)OC)N(C)[C@H](C(=O)NC(=O)[C@H](C(C)C)N(C)CCCC(=O)O)C(C)C. The van der Waals surface area contributed by atoms with Crippen LogP contribution >= 0.6 is 11.8 Å². The number of imide groups is 1. The molecular formula is C50H79N5O8S. The molecule has 1 aliphatic rings. The fraction of sp³-hybridized carbons (Fsp3) is 0.660. The normalized spacial score (nSPS) is 18.0. The zero-order chi connectivity index (χ0) is 47.5. The van der Waals surface area contributed by atoms with E-state index in [1.165, 1.54) is 5.56 Å². The van der Waals surface area contributed by atoms with Gasteiger partial charge in [-0.1, -0.05) is 116 Å². The zero-order valence-electron chi connectivity index (χ0n) is 40.5. The van der Waals surface area contributed by atoms with Gasteiger partial charge in [-0.3, -0.25) is 39.1 Å². The molecule has 0 unspecified atom stereocenters. The lowest BCUT2D eigenvalue weighted by molar-refractivity contribution is -0.144. The average Bonchev–Trinajstić information content (AvgIpc) is 3.73. The number of likely N-dealkylation sites (N-methyl/N-ethyl adjacent to an activating group) is 2. The third-order valence-corrected chi connectivity index (χ3v) is 14.1. The molecule has 0 saturated carbocycles. The van der Waals surface area contributed by atoms with Crippen LogP contribution < -0.4 is 10.6 Å². The summed E-state index contributed by atoms with van der Waals surface area (Å²) in [7, 11) is 6.85. The van der Waals surface area contributed by atoms with Gasteiger partial charge in [0.1, 0.15) is 0 Å². The number of nitrogens with zero attached hydrogens (tertiary/aromatic N) is 3. The molecular weight excluding hydrogens is 831 g/mol. The van der Waals surface area contributed by atoms with Gasteiger partial charge in [0.2, 0.25) is 23.6 Å². The first-order valence-corrected chi connectivity index (χ1v) is 24.4. The van der Waals surface area contributed by atoms with Crippen molar-refractivity contribution in [1.82, 2.24) is 25.3 Å². The van der Waals surface area contributed by atoms with Gasteiger partial charge in [-0.15, -0.1) is 0 Å². The summed E-state index contributed by atoms with van der Waals surface area (Å²) in [5.74, 6) is -1.25. The molecule has 2 aromatic carbocycles. The molecule has 0 bridgehead atoms. The predicted octanol–water partition coefficient (Wildman–Crippen LogP) is 6.53. The van der Waals surface area contributed by atoms with Crippen molar-refractivity contribution in [1.29, 1.82) is 0 Å². The van der Waals surface area contributed by atoms with Crippen molar-refractivity contribution in [2.45, 2.75) is 142 Å². The zero-order valence-corrected chi connectivity index (χ0v) is 41.3. The molecule has 1 aliphatic heterocycles. The number of likely N-dealkylation sites (tertiary alicyclic amines) is 1. The van der Waals surface area contributed by atoms with E-state index in [1.54, 1.807) is 33.0 Å². The van der Waals surface area contributed by atoms with Crippen molar-refractivity contribution in [3.63, 3.8) is 0 Å². The van der Waals surface area contributed by atoms with Gasteiger partial charge >= 0.3 is 5.97 Å². The van der Waals surface area contributed by atoms with Crippen molar-refractivity contribution in [3.8, 4) is 0 Å². The number of hydrogen-bond acceptors (Lipinski definition) is 10. The number of rotatable bonds is 28. The second-order valence-electron chi connectivity index (χ2n) is 18.4. The molecule has 0 aromatic heterocycles. The maximum atomic E-state index is 14.5. The van der Waals surface area contributed by atoms with Crippen LogP contribution in [-0.4, -0.2) is 139 Å². The van der Waals surface area contributed by atoms with E-state index in [0.29, 0.717) is 32.4 Å². The number of nitrogens with one attached hydrogen (secondary N) is 2. The fourth-order valence-corrected chi connectivity index (χ4v) is 10.5. The first-order chi connectivity index (χ1) is 30.4. The Balaban J connectivity index is 1.77. The number of methoxy groups -OCH3 is 2. The first-order valence-electron chi connectivity index (χ1n) is 23.2. The van der Waals surface area contributed by atoms with E-state index in [4.69, 9.17) is 14.6 Å². The van der Waals surface area contributed by atoms with Gasteiger partial charge in [-0.05, 0) is 75.2 Å². The highest BCUT2D eigenvalue weighted by Gasteiger charge is 2.44. The number of carbonyl (C=O) groups is 5. The third kappa shape index (κ3) is 16.3. The molecule has 3 rings (SSSR count). The van der Waals surface area contributed by atoms with Crippen LogP contribution in [0.1, 0.15) is 98.1 Å². The van der Waals surface area contributed by atoms with E-state index < -0.39 is 48.0 Å². The van der Waals surface area contributed by atoms with Gasteiger partial charge in [-0.2, -0.15) is 11.8 Å². The fourth-order valence-electron chi connectivity index (χ4n) is 9.51. The molecule has 3 N–H and O–H groups in total. The van der Waals surface area contributed by atoms with Gasteiger partial charge in [0.25, 0.3) is 0 Å². The maximum absolute atomic E-state index is 14.5. The molecule has 0 aliphatic carbocycles. The molecule has 1 heterocycles. The third-order valence-electron chi connectivity index (χ3n) is 12.9. The Bertz CT molecular complexity index is 1730. The number of benzene rings is 2. The Morgan fingerprint density at radius 3 is 1.98 bits per heavy atom. The topological polar surface area (TPSA) is 158 Å². The molecule has 1 fully saturated rings. The number of hydrogen-bond donors (Lipinski definition) is 3. The maximum Gasteiger partial charge on any atom is 0.303 e. The number of carbonyl (C=O) groups excluding carboxylic acids is 4. The monoisotopic (exact) mass is 910 g/mol. The highest BCUT2D eigenvalue weighted by molar-refractivity contribution is 7.98. The molecule has 0 radical (unpaired) electrons. The number of ether oxygens (including phenoxy) is 2. The van der Waals surface area contributed by atoms with Crippen LogP contribution in [0.4, 0.5) is 0 Å². The molecule has 9 atom stereocenters. The Hall–Kier alpha value is -3.82. The van der Waals surface area contributed by atoms with Crippen LogP contribution in [0, 0.1) is 23.7 Å². The van der Waals surface area contributed by atoms with Crippen LogP contribution in [0.5, 0.6) is 0 Å². The smallest absolute Gasteiger partial charge is 0.303 e. The lowest BCUT2D eigenvalue weighted by atomic mass is 9.87. The highest BCUT2D eigenvalue weighted by Crippen LogP contribution is 2.31. The van der Waals surface area contributed by atoms with Gasteiger partial charge < -0.3 is 24.8 Å². The molecule has 14 heteroatoms. The minimum Gasteiger partial charge on any atom is -0.481 e. The van der Waals surface area contributed by atoms with Crippen molar-refractivity contribution in [2.24, 2.45) is 23.7 Å². The minimum atomic E-state index is -0.897. The summed E-state index contributed by atoms with van der Waals surface area (Å²) in [4.78, 5) is 73.2. The Kier molecular flexibility index (Phi) is 23.5. The Morgan fingerprint density at radius 2 is 1.44 bits per heavy atom. The van der Waals surface area contributed by atoms with Gasteiger partial charge in [0.05, 0.1) is 42.7 Å². The standard InChI is InChI=1S/C50H79N5O8S/c1-12-35(6)46(54(9)45(34(4)5)50(61)52-49(60)44(33(2)3)53(8)27-20-26-43(57)58)41(62-10)30-42(56)55-28-19-25-40(55)47(63-11)36(7)48(59)51-39(29-37-21-15-13-16-22-37)32-64-31-38-23-17-14-18-24-38/h13-18,21-24,33-36,39-41,44-47H,12,19-20,25-32H2,1-11H3,(H,51,59)(H,57,58)(H,52,60,61)/t35-,36+,39-,40-,41+,44-,45-,46-,47+/m0/s1. The first kappa shape index (κ1) is 54.5. The molecule has 64 heavy (non-hydrogen) atoms. The summed E-state index contributed by atoms with van der Waals surface area (Å²) in [6, 6.07) is 18.3. The molecule has 358 valence electrons. The van der Waals surface area contributed by atoms with E-state index in [2.05, 4.69) is 48.7 Å². The number of carboxylic acids is 1. The second-order valence-corrected chi connectivity index (χ2v) is 19.4. The van der Waals surface area contributed by atoms with Crippen LogP contribution in [0.25, 0.3) is 0 Å². The highest BCUT2D eigenvalue weighted by atomic mass is 32.2. The lowest BCUT2D eigenvalue weighted by Crippen LogP contribution is -2.60. The van der Waals surface area contributed by atoms with E-state index >= 15 is 0 Å². The molecule has 4 amide bonds. The Morgan fingerprint density at radius 1 is 0.844 bits per heavy atom. The van der Waals surface area contributed by atoms with Crippen molar-refractivity contribution < 1.29 is 38.6 Å². The number of amides is 4. The van der Waals surface area contributed by atoms with E-state index in [0.717, 1.165) is 29.9 Å². The quantitative estimate of drug-likeness (QED) is 0.0853. The number of thioether (sulfide) groups is 1. The van der Waals surface area contributed by atoms with Crippen LogP contribution in [0.15, 0.2) is 60.7 Å². The van der Waals surface area contributed by atoms with Crippen LogP contribution in [0.3, 0.4) is 0 Å². The lowest BCUT2D eigenvalue weighted by Gasteiger charge is -2.43. The molecule has 13 nitrogen and oxygen atoms in total. The van der Waals surface area contributed by atoms with Crippen LogP contribution in [0.2, 0.25) is 0 Å². The van der Waals surface area contributed by atoms with Crippen molar-refractivity contribution >= 4 is 41.4 Å². The van der Waals surface area contributed by atoms with E-state index in [1.807, 2.05) is 92.8 Å². The average molecular weight is 910 g/mol. The minimum absolute atomic E-state index is 0.00999. The largest absolute Gasteiger partial charge is 0.481 e. The van der Waals surface area contributed by atoms with Gasteiger partial charge in [-0.25, -0.2) is 0 Å². The summed E-state index contributed by atoms with van der Waals surface area (Å²) in [6.07, 6.45) is 2.23. The number of carboxylic acid groups (broad SMARTS) is 1. The van der Waals surface area contributed by atoms with Gasteiger partial charge in [0.15, 0.2) is 0 Å².